The summed E-state index contributed by atoms with van der Waals surface area (Å²) < 4.78 is 0. The van der Waals surface area contributed by atoms with Gasteiger partial charge >= 0.3 is 0 Å². The molecule has 2 aromatic heterocycles. The number of benzene rings is 7. The molecule has 0 amide bonds. The Morgan fingerprint density at radius 3 is 1.66 bits per heavy atom. The summed E-state index contributed by atoms with van der Waals surface area (Å²) in [5.41, 5.74) is 11.3. The molecule has 7 aromatic carbocycles. The first-order valence-corrected chi connectivity index (χ1v) is 16.7. The first-order chi connectivity index (χ1) is 24.8. The summed E-state index contributed by atoms with van der Waals surface area (Å²) in [5, 5.41) is 3.25. The Morgan fingerprint density at radius 1 is 0.320 bits per heavy atom. The molecule has 2 heterocycles. The average Bonchev–Trinajstić information content (AvgIpc) is 3.21. The summed E-state index contributed by atoms with van der Waals surface area (Å²) in [4.78, 5) is 20.0. The van der Waals surface area contributed by atoms with E-state index in [9.17, 15) is 0 Å². The molecule has 9 rings (SSSR count). The molecule has 0 aliphatic carbocycles. The molecule has 4 nitrogen and oxygen atoms in total. The molecule has 0 N–H and O–H groups in total. The van der Waals surface area contributed by atoms with Crippen molar-refractivity contribution in [3.8, 4) is 67.5 Å². The Hall–Kier alpha value is -6.78. The molecule has 0 bridgehead atoms. The SMILES string of the molecule is c1ccc(-c2cccc(-c3nccc(-c4cccc(-c5ccc6ccc7c(-c8ccccc8)nc(-c8ccccc8)nc7c6c5)c4)n3)c2)cc1. The van der Waals surface area contributed by atoms with Gasteiger partial charge in [0.25, 0.3) is 0 Å². The van der Waals surface area contributed by atoms with Crippen molar-refractivity contribution >= 4 is 21.7 Å². The quantitative estimate of drug-likeness (QED) is 0.170. The van der Waals surface area contributed by atoms with Crippen molar-refractivity contribution in [3.05, 3.63) is 182 Å². The van der Waals surface area contributed by atoms with Crippen molar-refractivity contribution < 1.29 is 0 Å². The number of rotatable bonds is 6. The summed E-state index contributed by atoms with van der Waals surface area (Å²) >= 11 is 0. The second-order valence-corrected chi connectivity index (χ2v) is 12.3. The van der Waals surface area contributed by atoms with Gasteiger partial charge in [-0.15, -0.1) is 0 Å². The van der Waals surface area contributed by atoms with Gasteiger partial charge in [-0.05, 0) is 58.0 Å². The van der Waals surface area contributed by atoms with Crippen LogP contribution < -0.4 is 0 Å². The van der Waals surface area contributed by atoms with E-state index in [1.807, 2.05) is 42.6 Å². The van der Waals surface area contributed by atoms with Crippen molar-refractivity contribution in [2.24, 2.45) is 0 Å². The minimum atomic E-state index is 0.700. The summed E-state index contributed by atoms with van der Waals surface area (Å²) in [6.07, 6.45) is 1.84. The number of fused-ring (bicyclic) bond motifs is 3. The van der Waals surface area contributed by atoms with Crippen LogP contribution in [-0.4, -0.2) is 19.9 Å². The number of nitrogens with zero attached hydrogens (tertiary/aromatic N) is 4. The molecule has 0 aliphatic rings. The van der Waals surface area contributed by atoms with Gasteiger partial charge in [0.05, 0.1) is 16.9 Å². The summed E-state index contributed by atoms with van der Waals surface area (Å²) in [5.74, 6) is 1.41. The Balaban J connectivity index is 1.13. The molecule has 0 spiro atoms. The first-order valence-electron chi connectivity index (χ1n) is 16.7. The monoisotopic (exact) mass is 638 g/mol. The van der Waals surface area contributed by atoms with Crippen LogP contribution >= 0.6 is 0 Å². The highest BCUT2D eigenvalue weighted by atomic mass is 14.9. The molecule has 0 radical (unpaired) electrons. The molecule has 0 aliphatic heterocycles. The van der Waals surface area contributed by atoms with Gasteiger partial charge in [-0.25, -0.2) is 19.9 Å². The number of hydrogen-bond donors (Lipinski definition) is 0. The molecule has 50 heavy (non-hydrogen) atoms. The van der Waals surface area contributed by atoms with Crippen molar-refractivity contribution in [2.45, 2.75) is 0 Å². The Labute approximate surface area is 290 Å². The highest BCUT2D eigenvalue weighted by molar-refractivity contribution is 6.10. The Bertz CT molecular complexity index is 2640. The maximum atomic E-state index is 5.20. The molecular formula is C46H30N4. The smallest absolute Gasteiger partial charge is 0.160 e. The topological polar surface area (TPSA) is 51.6 Å². The van der Waals surface area contributed by atoms with Crippen LogP contribution in [0, 0.1) is 0 Å². The molecule has 9 aromatic rings. The van der Waals surface area contributed by atoms with Crippen LogP contribution in [0.25, 0.3) is 89.2 Å². The third-order valence-corrected chi connectivity index (χ3v) is 9.14. The van der Waals surface area contributed by atoms with Gasteiger partial charge in [0, 0.05) is 39.2 Å². The lowest BCUT2D eigenvalue weighted by molar-refractivity contribution is 1.18. The lowest BCUT2D eigenvalue weighted by Gasteiger charge is -2.13. The first kappa shape index (κ1) is 29.4. The lowest BCUT2D eigenvalue weighted by Crippen LogP contribution is -1.96. The van der Waals surface area contributed by atoms with E-state index in [4.69, 9.17) is 15.0 Å². The predicted octanol–water partition coefficient (Wildman–Crippen LogP) is 11.6. The van der Waals surface area contributed by atoms with E-state index in [0.29, 0.717) is 11.6 Å². The summed E-state index contributed by atoms with van der Waals surface area (Å²) in [7, 11) is 0. The maximum Gasteiger partial charge on any atom is 0.160 e. The van der Waals surface area contributed by atoms with E-state index in [-0.39, 0.29) is 0 Å². The van der Waals surface area contributed by atoms with Crippen molar-refractivity contribution in [1.29, 1.82) is 0 Å². The van der Waals surface area contributed by atoms with E-state index in [2.05, 4.69) is 145 Å². The van der Waals surface area contributed by atoms with Gasteiger partial charge in [-0.3, -0.25) is 0 Å². The highest BCUT2D eigenvalue weighted by Gasteiger charge is 2.15. The second-order valence-electron chi connectivity index (χ2n) is 12.3. The van der Waals surface area contributed by atoms with Gasteiger partial charge in [0.1, 0.15) is 0 Å². The zero-order valence-electron chi connectivity index (χ0n) is 27.1. The fourth-order valence-corrected chi connectivity index (χ4v) is 6.61. The van der Waals surface area contributed by atoms with E-state index < -0.39 is 0 Å². The second kappa shape index (κ2) is 12.7. The van der Waals surface area contributed by atoms with Crippen molar-refractivity contribution in [2.75, 3.05) is 0 Å². The molecule has 4 heteroatoms. The third kappa shape index (κ3) is 5.59. The van der Waals surface area contributed by atoms with Crippen LogP contribution in [0.3, 0.4) is 0 Å². The standard InChI is InChI=1S/C46H30N4/c1-4-12-31(13-5-1)35-18-11-21-39(29-35)45-47-27-26-42(48-45)38-20-10-19-36(28-38)37-23-22-32-24-25-40-43(33-14-6-2-7-15-33)49-46(34-16-8-3-9-17-34)50-44(40)41(32)30-37/h1-30H. The molecule has 234 valence electrons. The molecule has 0 saturated heterocycles. The van der Waals surface area contributed by atoms with Gasteiger partial charge in [-0.2, -0.15) is 0 Å². The average molecular weight is 639 g/mol. The fourth-order valence-electron chi connectivity index (χ4n) is 6.61. The van der Waals surface area contributed by atoms with Gasteiger partial charge in [-0.1, -0.05) is 146 Å². The molecule has 0 saturated carbocycles. The minimum absolute atomic E-state index is 0.700. The third-order valence-electron chi connectivity index (χ3n) is 9.14. The fraction of sp³-hybridized carbons (Fsp3) is 0. The predicted molar refractivity (Wildman–Crippen MR) is 205 cm³/mol. The van der Waals surface area contributed by atoms with Crippen LogP contribution in [0.15, 0.2) is 182 Å². The summed E-state index contributed by atoms with van der Waals surface area (Å²) in [6.45, 7) is 0. The van der Waals surface area contributed by atoms with Crippen LogP contribution in [-0.2, 0) is 0 Å². The Kier molecular flexibility index (Phi) is 7.45. The van der Waals surface area contributed by atoms with Gasteiger partial charge < -0.3 is 0 Å². The van der Waals surface area contributed by atoms with Gasteiger partial charge in [0.15, 0.2) is 11.6 Å². The molecule has 0 fully saturated rings. The van der Waals surface area contributed by atoms with Gasteiger partial charge in [0.2, 0.25) is 0 Å². The van der Waals surface area contributed by atoms with Crippen molar-refractivity contribution in [1.82, 2.24) is 19.9 Å². The normalized spacial score (nSPS) is 11.2. The zero-order valence-corrected chi connectivity index (χ0v) is 27.1. The van der Waals surface area contributed by atoms with E-state index in [0.717, 1.165) is 72.0 Å². The van der Waals surface area contributed by atoms with Crippen LogP contribution in [0.2, 0.25) is 0 Å². The molecule has 0 unspecified atom stereocenters. The summed E-state index contributed by atoms with van der Waals surface area (Å²) in [6, 6.07) is 60.9. The lowest BCUT2D eigenvalue weighted by atomic mass is 9.96. The van der Waals surface area contributed by atoms with Crippen molar-refractivity contribution in [3.63, 3.8) is 0 Å². The van der Waals surface area contributed by atoms with Crippen LogP contribution in [0.4, 0.5) is 0 Å². The Morgan fingerprint density at radius 2 is 0.900 bits per heavy atom. The largest absolute Gasteiger partial charge is 0.237 e. The number of hydrogen-bond acceptors (Lipinski definition) is 4. The maximum absolute atomic E-state index is 5.20. The highest BCUT2D eigenvalue weighted by Crippen LogP contribution is 2.36. The minimum Gasteiger partial charge on any atom is -0.237 e. The van der Waals surface area contributed by atoms with E-state index in [1.165, 1.54) is 5.56 Å². The zero-order chi connectivity index (χ0) is 33.3. The van der Waals surface area contributed by atoms with Crippen LogP contribution in [0.1, 0.15) is 0 Å². The molecule has 0 atom stereocenters. The van der Waals surface area contributed by atoms with E-state index in [1.54, 1.807) is 0 Å². The number of aromatic nitrogens is 4. The van der Waals surface area contributed by atoms with Crippen LogP contribution in [0.5, 0.6) is 0 Å². The van der Waals surface area contributed by atoms with E-state index >= 15 is 0 Å². The molecular weight excluding hydrogens is 609 g/mol.